The van der Waals surface area contributed by atoms with Gasteiger partial charge in [-0.25, -0.2) is 29.0 Å². The molecule has 2 heterocycles. The Morgan fingerprint density at radius 1 is 1.40 bits per heavy atom. The number of hydrogen-bond donors (Lipinski definition) is 3. The molecule has 0 saturated carbocycles. The van der Waals surface area contributed by atoms with Gasteiger partial charge in [-0.3, -0.25) is 5.43 Å². The molecule has 0 aromatic carbocycles. The third-order valence-corrected chi connectivity index (χ3v) is 4.82. The predicted octanol–water partition coefficient (Wildman–Crippen LogP) is 0.733. The summed E-state index contributed by atoms with van der Waals surface area (Å²) in [6.07, 6.45) is 3.05. The number of nitrogens with two attached hydrogens (primary N) is 1. The minimum atomic E-state index is -3.63. The smallest absolute Gasteiger partial charge is 0.243 e. The van der Waals surface area contributed by atoms with E-state index < -0.39 is 10.0 Å². The van der Waals surface area contributed by atoms with Gasteiger partial charge in [0, 0.05) is 6.04 Å². The summed E-state index contributed by atoms with van der Waals surface area (Å²) in [4.78, 5) is 7.57. The summed E-state index contributed by atoms with van der Waals surface area (Å²) in [6.45, 7) is 1.81. The highest BCUT2D eigenvalue weighted by Gasteiger charge is 2.18. The van der Waals surface area contributed by atoms with Crippen LogP contribution >= 0.6 is 11.3 Å². The van der Waals surface area contributed by atoms with Crippen molar-refractivity contribution >= 4 is 27.3 Å². The molecule has 1 atom stereocenters. The normalized spacial score (nSPS) is 13.1. The maximum atomic E-state index is 12.1. The van der Waals surface area contributed by atoms with E-state index in [1.165, 1.54) is 12.4 Å². The Morgan fingerprint density at radius 2 is 2.10 bits per heavy atom. The molecule has 0 spiro atoms. The average molecular weight is 313 g/mol. The summed E-state index contributed by atoms with van der Waals surface area (Å²) in [5.41, 5.74) is 3.34. The van der Waals surface area contributed by atoms with Crippen molar-refractivity contribution in [2.45, 2.75) is 24.3 Å². The zero-order valence-corrected chi connectivity index (χ0v) is 12.4. The van der Waals surface area contributed by atoms with Crippen LogP contribution in [0.3, 0.4) is 0 Å². The summed E-state index contributed by atoms with van der Waals surface area (Å²) in [5.74, 6) is 5.29. The zero-order chi connectivity index (χ0) is 14.6. The fourth-order valence-electron chi connectivity index (χ4n) is 1.67. The van der Waals surface area contributed by atoms with Gasteiger partial charge < -0.3 is 0 Å². The number of nitrogens with zero attached hydrogens (tertiary/aromatic N) is 2. The van der Waals surface area contributed by atoms with Crippen molar-refractivity contribution < 1.29 is 8.42 Å². The van der Waals surface area contributed by atoms with Crippen LogP contribution in [0.1, 0.15) is 12.5 Å². The van der Waals surface area contributed by atoms with E-state index in [2.05, 4.69) is 20.1 Å². The minimum Gasteiger partial charge on any atom is -0.292 e. The largest absolute Gasteiger partial charge is 0.292 e. The molecule has 0 fully saturated rings. The number of sulfonamides is 1. The van der Waals surface area contributed by atoms with Crippen LogP contribution in [0.5, 0.6) is 0 Å². The molecule has 0 aliphatic heterocycles. The number of nitrogens with one attached hydrogen (secondary N) is 2. The van der Waals surface area contributed by atoms with Crippen molar-refractivity contribution in [2.75, 3.05) is 5.43 Å². The molecule has 0 bridgehead atoms. The van der Waals surface area contributed by atoms with Gasteiger partial charge in [0.15, 0.2) is 0 Å². The van der Waals surface area contributed by atoms with E-state index in [1.54, 1.807) is 11.3 Å². The van der Waals surface area contributed by atoms with Crippen LogP contribution in [-0.4, -0.2) is 24.4 Å². The number of aromatic nitrogens is 2. The average Bonchev–Trinajstić information content (AvgIpc) is 2.91. The molecular formula is C11H15N5O2S2. The molecule has 0 saturated heterocycles. The molecule has 0 radical (unpaired) electrons. The van der Waals surface area contributed by atoms with Gasteiger partial charge in [0.1, 0.15) is 4.90 Å². The summed E-state index contributed by atoms with van der Waals surface area (Å²) in [7, 11) is -3.63. The molecule has 7 nitrogen and oxygen atoms in total. The molecule has 0 aliphatic carbocycles. The van der Waals surface area contributed by atoms with Gasteiger partial charge in [-0.15, -0.1) is 0 Å². The predicted molar refractivity (Wildman–Crippen MR) is 77.6 cm³/mol. The molecule has 2 rings (SSSR count). The Morgan fingerprint density at radius 3 is 2.65 bits per heavy atom. The second-order valence-corrected chi connectivity index (χ2v) is 6.74. The van der Waals surface area contributed by atoms with Crippen LogP contribution in [0, 0.1) is 0 Å². The fourth-order valence-corrected chi connectivity index (χ4v) is 3.48. The number of anilines is 1. The summed E-state index contributed by atoms with van der Waals surface area (Å²) in [5, 5.41) is 3.96. The molecule has 0 aliphatic rings. The topological polar surface area (TPSA) is 110 Å². The van der Waals surface area contributed by atoms with Crippen molar-refractivity contribution in [1.82, 2.24) is 14.7 Å². The van der Waals surface area contributed by atoms with Gasteiger partial charge in [-0.2, -0.15) is 11.3 Å². The van der Waals surface area contributed by atoms with Gasteiger partial charge in [0.05, 0.1) is 12.4 Å². The second kappa shape index (κ2) is 6.27. The van der Waals surface area contributed by atoms with Crippen molar-refractivity contribution in [3.8, 4) is 0 Å². The van der Waals surface area contributed by atoms with Crippen LogP contribution in [0.2, 0.25) is 0 Å². The lowest BCUT2D eigenvalue weighted by molar-refractivity contribution is 0.559. The van der Waals surface area contributed by atoms with Gasteiger partial charge in [0.25, 0.3) is 0 Å². The lowest BCUT2D eigenvalue weighted by Crippen LogP contribution is -2.34. The minimum absolute atomic E-state index is 0.00803. The van der Waals surface area contributed by atoms with Gasteiger partial charge in [-0.05, 0) is 35.7 Å². The standard InChI is InChI=1S/C11H15N5O2S2/c1-8(4-9-2-3-19-7-9)16-20(17,18)10-5-13-11(15-12)14-6-10/h2-3,5-8,16H,4,12H2,1H3,(H,13,14,15). The Kier molecular flexibility index (Phi) is 4.65. The van der Waals surface area contributed by atoms with E-state index in [-0.39, 0.29) is 16.9 Å². The van der Waals surface area contributed by atoms with Crippen LogP contribution < -0.4 is 16.0 Å². The molecule has 9 heteroatoms. The van der Waals surface area contributed by atoms with E-state index in [4.69, 9.17) is 5.84 Å². The lowest BCUT2D eigenvalue weighted by Gasteiger charge is -2.13. The van der Waals surface area contributed by atoms with E-state index in [0.29, 0.717) is 6.42 Å². The van der Waals surface area contributed by atoms with Crippen LogP contribution in [0.25, 0.3) is 0 Å². The maximum Gasteiger partial charge on any atom is 0.243 e. The molecule has 1 unspecified atom stereocenters. The molecule has 20 heavy (non-hydrogen) atoms. The highest BCUT2D eigenvalue weighted by molar-refractivity contribution is 7.89. The van der Waals surface area contributed by atoms with Crippen molar-refractivity contribution in [1.29, 1.82) is 0 Å². The second-order valence-electron chi connectivity index (χ2n) is 4.24. The van der Waals surface area contributed by atoms with Crippen molar-refractivity contribution in [3.63, 3.8) is 0 Å². The third kappa shape index (κ3) is 3.73. The van der Waals surface area contributed by atoms with E-state index >= 15 is 0 Å². The van der Waals surface area contributed by atoms with E-state index in [0.717, 1.165) is 5.56 Å². The molecular weight excluding hydrogens is 298 g/mol. The third-order valence-electron chi connectivity index (χ3n) is 2.55. The quantitative estimate of drug-likeness (QED) is 0.536. The van der Waals surface area contributed by atoms with E-state index in [9.17, 15) is 8.42 Å². The Bertz CT molecular complexity index is 640. The van der Waals surface area contributed by atoms with Gasteiger partial charge >= 0.3 is 0 Å². The first-order chi connectivity index (χ1) is 9.51. The SMILES string of the molecule is CC(Cc1ccsc1)NS(=O)(=O)c1cnc(NN)nc1. The molecule has 0 amide bonds. The van der Waals surface area contributed by atoms with Crippen molar-refractivity contribution in [2.24, 2.45) is 5.84 Å². The lowest BCUT2D eigenvalue weighted by atomic mass is 10.1. The van der Waals surface area contributed by atoms with Crippen LogP contribution in [0.15, 0.2) is 34.1 Å². The zero-order valence-electron chi connectivity index (χ0n) is 10.8. The summed E-state index contributed by atoms with van der Waals surface area (Å²) >= 11 is 1.58. The van der Waals surface area contributed by atoms with Crippen LogP contribution in [-0.2, 0) is 16.4 Å². The van der Waals surface area contributed by atoms with Crippen molar-refractivity contribution in [3.05, 3.63) is 34.8 Å². The maximum absolute atomic E-state index is 12.1. The molecule has 108 valence electrons. The highest BCUT2D eigenvalue weighted by Crippen LogP contribution is 2.11. The van der Waals surface area contributed by atoms with E-state index in [1.807, 2.05) is 23.8 Å². The number of thiophene rings is 1. The molecule has 4 N–H and O–H groups in total. The number of hydrogen-bond acceptors (Lipinski definition) is 7. The van der Waals surface area contributed by atoms with Gasteiger partial charge in [0.2, 0.25) is 16.0 Å². The fraction of sp³-hybridized carbons (Fsp3) is 0.273. The number of hydrazine groups is 1. The Balaban J connectivity index is 2.05. The molecule has 2 aromatic heterocycles. The highest BCUT2D eigenvalue weighted by atomic mass is 32.2. The van der Waals surface area contributed by atoms with Crippen LogP contribution in [0.4, 0.5) is 5.95 Å². The molecule has 2 aromatic rings. The Labute approximate surface area is 121 Å². The Hall–Kier alpha value is -1.55. The number of nitrogen functional groups attached to an aromatic ring is 1. The monoisotopic (exact) mass is 313 g/mol. The number of rotatable bonds is 6. The first-order valence-corrected chi connectivity index (χ1v) is 8.26. The van der Waals surface area contributed by atoms with Gasteiger partial charge in [-0.1, -0.05) is 0 Å². The summed E-state index contributed by atoms with van der Waals surface area (Å²) < 4.78 is 26.9. The first kappa shape index (κ1) is 14.9. The first-order valence-electron chi connectivity index (χ1n) is 5.83. The summed E-state index contributed by atoms with van der Waals surface area (Å²) in [6, 6.07) is 1.75.